The zero-order chi connectivity index (χ0) is 34.9. The lowest BCUT2D eigenvalue weighted by Gasteiger charge is -2.56. The summed E-state index contributed by atoms with van der Waals surface area (Å²) in [6.45, 7) is 10.2. The van der Waals surface area contributed by atoms with Crippen molar-refractivity contribution >= 4 is 11.9 Å². The van der Waals surface area contributed by atoms with Crippen LogP contribution < -0.4 is 0 Å². The van der Waals surface area contributed by atoms with E-state index in [1.54, 1.807) is 11.0 Å². The molecular weight excluding hydrogens is 631 g/mol. The molecule has 264 valence electrons. The Balaban J connectivity index is 1.28. The highest BCUT2D eigenvalue weighted by Gasteiger charge is 2.79. The largest absolute Gasteiger partial charge is 0.456 e. The average Bonchev–Trinajstić information content (AvgIpc) is 3.12. The summed E-state index contributed by atoms with van der Waals surface area (Å²) in [7, 11) is 0. The summed E-state index contributed by atoms with van der Waals surface area (Å²) in [5.74, 6) is -6.46. The number of alkyl halides is 5. The number of carbonyl (C=O) groups excluding carboxylic acids is 2. The van der Waals surface area contributed by atoms with Crippen molar-refractivity contribution in [1.82, 2.24) is 9.80 Å². The van der Waals surface area contributed by atoms with Gasteiger partial charge in [-0.1, -0.05) is 36.8 Å². The average molecular weight is 679 g/mol. The van der Waals surface area contributed by atoms with Crippen molar-refractivity contribution in [2.24, 2.45) is 17.3 Å². The van der Waals surface area contributed by atoms with E-state index in [1.807, 2.05) is 45.0 Å². The van der Waals surface area contributed by atoms with Crippen LogP contribution in [0.25, 0.3) is 0 Å². The molecule has 0 radical (unpaired) electrons. The highest BCUT2D eigenvalue weighted by Crippen LogP contribution is 2.70. The molecule has 0 bridgehead atoms. The van der Waals surface area contributed by atoms with Gasteiger partial charge in [0.1, 0.15) is 11.2 Å². The molecule has 2 unspecified atom stereocenters. The van der Waals surface area contributed by atoms with Gasteiger partial charge in [0, 0.05) is 50.5 Å². The fraction of sp³-hybridized carbons (Fsp3) is 0.676. The molecule has 6 rings (SSSR count). The summed E-state index contributed by atoms with van der Waals surface area (Å²) in [5.41, 5.74) is -0.565. The Morgan fingerprint density at radius 1 is 0.979 bits per heavy atom. The summed E-state index contributed by atoms with van der Waals surface area (Å²) in [4.78, 5) is 28.9. The zero-order valence-electron chi connectivity index (χ0n) is 28.3. The Bertz CT molecular complexity index is 1500. The second kappa shape index (κ2) is 12.2. The van der Waals surface area contributed by atoms with E-state index >= 15 is 8.78 Å². The predicted octanol–water partition coefficient (Wildman–Crippen LogP) is 7.96. The fourth-order valence-corrected chi connectivity index (χ4v) is 9.47. The lowest BCUT2D eigenvalue weighted by Crippen LogP contribution is -2.65. The number of halogens is 5. The van der Waals surface area contributed by atoms with Crippen molar-refractivity contribution in [3.63, 3.8) is 0 Å². The minimum atomic E-state index is -5.88. The van der Waals surface area contributed by atoms with Crippen LogP contribution in [0.2, 0.25) is 0 Å². The normalized spacial score (nSPS) is 31.9. The number of hydrogen-bond acceptors (Lipinski definition) is 5. The Kier molecular flexibility index (Phi) is 8.92. The summed E-state index contributed by atoms with van der Waals surface area (Å²) < 4.78 is 77.7. The standard InChI is InChI=1S/C37H47F5N2O4/c1-33(2,3)48-32(46)44-17-5-16-43(18-19-44)22-23-6-8-24(9-7-23)29-21-34(4)30(14-15-35(34,47)36(38,39)37(40,41)42)28-12-10-25-20-26(45)11-13-27(25)31(28)29/h6-9,20,28-30,47H,5,10-19,21-22H2,1-4H3/t28?,29-,30?,34+,35+/m1/s1. The van der Waals surface area contributed by atoms with Gasteiger partial charge in [-0.25, -0.2) is 4.79 Å². The van der Waals surface area contributed by atoms with Gasteiger partial charge in [-0.2, -0.15) is 22.0 Å². The van der Waals surface area contributed by atoms with Gasteiger partial charge in [0.05, 0.1) is 0 Å². The van der Waals surface area contributed by atoms with Crippen LogP contribution in [0.3, 0.4) is 0 Å². The third-order valence-electron chi connectivity index (χ3n) is 11.8. The molecule has 1 amide bonds. The number of nitrogens with zero attached hydrogens (tertiary/aromatic N) is 2. The molecule has 1 aromatic rings. The van der Waals surface area contributed by atoms with E-state index in [9.17, 15) is 27.9 Å². The second-order valence-electron chi connectivity index (χ2n) is 15.8. The molecule has 1 saturated heterocycles. The van der Waals surface area contributed by atoms with E-state index in [-0.39, 0.29) is 30.6 Å². The smallest absolute Gasteiger partial charge is 0.444 e. The van der Waals surface area contributed by atoms with Crippen LogP contribution >= 0.6 is 0 Å². The monoisotopic (exact) mass is 678 g/mol. The summed E-state index contributed by atoms with van der Waals surface area (Å²) in [5, 5.41) is 11.5. The van der Waals surface area contributed by atoms with Crippen LogP contribution in [-0.4, -0.2) is 76.3 Å². The van der Waals surface area contributed by atoms with Crippen molar-refractivity contribution in [1.29, 1.82) is 0 Å². The molecule has 4 aliphatic carbocycles. The van der Waals surface area contributed by atoms with Gasteiger partial charge < -0.3 is 14.7 Å². The number of aliphatic hydroxyl groups is 1. The van der Waals surface area contributed by atoms with Crippen LogP contribution in [0, 0.1) is 17.3 Å². The highest BCUT2D eigenvalue weighted by molar-refractivity contribution is 5.93. The van der Waals surface area contributed by atoms with Gasteiger partial charge in [0.2, 0.25) is 0 Å². The number of allylic oxidation sites excluding steroid dienone is 4. The number of ether oxygens (including phenoxy) is 1. The first-order chi connectivity index (χ1) is 22.3. The SMILES string of the molecule is CC(C)(C)OC(=O)N1CCCN(Cc2ccc([C@H]3C[C@@]4(C)C(CC[C@@]4(O)C(F)(F)C(F)(F)F)C4CCC5=CC(=O)CCC5=C43)cc2)CC1. The number of rotatable bonds is 4. The van der Waals surface area contributed by atoms with Crippen molar-refractivity contribution in [3.8, 4) is 0 Å². The first-order valence-corrected chi connectivity index (χ1v) is 17.3. The predicted molar refractivity (Wildman–Crippen MR) is 170 cm³/mol. The molecule has 48 heavy (non-hydrogen) atoms. The van der Waals surface area contributed by atoms with E-state index in [0.29, 0.717) is 51.9 Å². The maximum atomic E-state index is 15.3. The number of carbonyl (C=O) groups is 2. The van der Waals surface area contributed by atoms with E-state index < -0.39 is 47.0 Å². The first-order valence-electron chi connectivity index (χ1n) is 17.3. The summed E-state index contributed by atoms with van der Waals surface area (Å²) >= 11 is 0. The molecule has 5 atom stereocenters. The van der Waals surface area contributed by atoms with Crippen molar-refractivity contribution in [3.05, 3.63) is 58.2 Å². The highest BCUT2D eigenvalue weighted by atomic mass is 19.4. The maximum Gasteiger partial charge on any atom is 0.456 e. The molecular formula is C37H47F5N2O4. The molecule has 3 fully saturated rings. The maximum absolute atomic E-state index is 15.3. The quantitative estimate of drug-likeness (QED) is 0.328. The third kappa shape index (κ3) is 6.01. The van der Waals surface area contributed by atoms with Crippen molar-refractivity contribution in [2.75, 3.05) is 26.2 Å². The van der Waals surface area contributed by atoms with E-state index in [2.05, 4.69) is 4.90 Å². The van der Waals surface area contributed by atoms with Gasteiger partial charge in [-0.3, -0.25) is 9.69 Å². The molecule has 6 nitrogen and oxygen atoms in total. The number of hydrogen-bond donors (Lipinski definition) is 1. The van der Waals surface area contributed by atoms with Gasteiger partial charge >= 0.3 is 18.2 Å². The van der Waals surface area contributed by atoms with Crippen LogP contribution in [0.4, 0.5) is 26.7 Å². The molecule has 1 heterocycles. The minimum absolute atomic E-state index is 0.0393. The number of amides is 1. The van der Waals surface area contributed by atoms with Crippen LogP contribution in [0.5, 0.6) is 0 Å². The van der Waals surface area contributed by atoms with Gasteiger partial charge in [0.15, 0.2) is 5.78 Å². The number of ketones is 1. The van der Waals surface area contributed by atoms with Gasteiger partial charge in [-0.15, -0.1) is 0 Å². The molecule has 0 aromatic heterocycles. The Hall–Kier alpha value is -2.79. The lowest BCUT2D eigenvalue weighted by atomic mass is 9.50. The lowest BCUT2D eigenvalue weighted by molar-refractivity contribution is -0.362. The zero-order valence-corrected chi connectivity index (χ0v) is 28.3. The van der Waals surface area contributed by atoms with Crippen LogP contribution in [0.1, 0.15) is 96.1 Å². The van der Waals surface area contributed by atoms with E-state index in [0.717, 1.165) is 40.8 Å². The molecule has 1 aromatic carbocycles. The molecule has 5 aliphatic rings. The first kappa shape index (κ1) is 35.1. The van der Waals surface area contributed by atoms with Crippen LogP contribution in [0.15, 0.2) is 47.1 Å². The van der Waals surface area contributed by atoms with E-state index in [4.69, 9.17) is 4.74 Å². The third-order valence-corrected chi connectivity index (χ3v) is 11.8. The molecule has 1 aliphatic heterocycles. The summed E-state index contributed by atoms with van der Waals surface area (Å²) in [6, 6.07) is 7.85. The molecule has 11 heteroatoms. The molecule has 2 saturated carbocycles. The number of benzene rings is 1. The topological polar surface area (TPSA) is 70.1 Å². The van der Waals surface area contributed by atoms with Gasteiger partial charge in [-0.05, 0) is 106 Å². The fourth-order valence-electron chi connectivity index (χ4n) is 9.47. The Morgan fingerprint density at radius 3 is 2.35 bits per heavy atom. The van der Waals surface area contributed by atoms with Crippen LogP contribution in [-0.2, 0) is 16.1 Å². The molecule has 0 spiro atoms. The molecule has 1 N–H and O–H groups in total. The van der Waals surface area contributed by atoms with E-state index in [1.165, 1.54) is 6.92 Å². The Morgan fingerprint density at radius 2 is 1.69 bits per heavy atom. The van der Waals surface area contributed by atoms with Crippen molar-refractivity contribution < 1.29 is 41.4 Å². The number of fused-ring (bicyclic) bond motifs is 4. The second-order valence-corrected chi connectivity index (χ2v) is 15.8. The Labute approximate surface area is 279 Å². The summed E-state index contributed by atoms with van der Waals surface area (Å²) in [6.07, 6.45) is -2.28. The minimum Gasteiger partial charge on any atom is -0.444 e. The van der Waals surface area contributed by atoms with Gasteiger partial charge in [0.25, 0.3) is 0 Å². The van der Waals surface area contributed by atoms with Crippen molar-refractivity contribution in [2.45, 2.75) is 115 Å².